The number of anilines is 2. The molecule has 0 unspecified atom stereocenters. The molecule has 3 aromatic heterocycles. The summed E-state index contributed by atoms with van der Waals surface area (Å²) in [6.45, 7) is 6.50. The summed E-state index contributed by atoms with van der Waals surface area (Å²) in [4.78, 5) is 25.4. The van der Waals surface area contributed by atoms with Crippen LogP contribution in [0.15, 0.2) is 46.4 Å². The zero-order valence-electron chi connectivity index (χ0n) is 13.0. The van der Waals surface area contributed by atoms with Gasteiger partial charge in [-0.15, -0.1) is 4.98 Å². The van der Waals surface area contributed by atoms with E-state index in [9.17, 15) is 0 Å². The lowest BCUT2D eigenvalue weighted by Gasteiger charge is -1.87. The number of hydrogen-bond acceptors (Lipinski definition) is 9. The fourth-order valence-corrected chi connectivity index (χ4v) is 1.49. The Kier molecular flexibility index (Phi) is 9.09. The number of nitriles is 1. The highest BCUT2D eigenvalue weighted by Crippen LogP contribution is 2.04. The predicted molar refractivity (Wildman–Crippen MR) is 101 cm³/mol. The van der Waals surface area contributed by atoms with Gasteiger partial charge in [-0.2, -0.15) is 5.26 Å². The molecule has 12 heteroatoms. The third kappa shape index (κ3) is 8.58. The van der Waals surface area contributed by atoms with Crippen LogP contribution in [0.5, 0.6) is 0 Å². The van der Waals surface area contributed by atoms with Gasteiger partial charge >= 0.3 is 0 Å². The Balaban J connectivity index is 0.000000195. The van der Waals surface area contributed by atoms with Crippen LogP contribution in [0.3, 0.4) is 0 Å². The van der Waals surface area contributed by atoms with E-state index in [0.29, 0.717) is 26.5 Å². The first-order valence-corrected chi connectivity index (χ1v) is 8.09. The molecule has 0 fully saturated rings. The first-order valence-electron chi connectivity index (χ1n) is 6.50. The monoisotopic (exact) mass is 476 g/mol. The first-order chi connectivity index (χ1) is 12.4. The van der Waals surface area contributed by atoms with Gasteiger partial charge in [-0.05, 0) is 31.9 Å². The van der Waals surface area contributed by atoms with Gasteiger partial charge in [0, 0.05) is 0 Å². The van der Waals surface area contributed by atoms with E-state index in [0.717, 1.165) is 0 Å². The van der Waals surface area contributed by atoms with Crippen LogP contribution in [-0.2, 0) is 0 Å². The number of aromatic nitrogens is 6. The van der Waals surface area contributed by atoms with Crippen molar-refractivity contribution in [2.75, 3.05) is 11.5 Å². The summed E-state index contributed by atoms with van der Waals surface area (Å²) in [5, 5.41) is 8.26. The normalized spacial score (nSPS) is 8.62. The van der Waals surface area contributed by atoms with Crippen LogP contribution >= 0.6 is 31.9 Å². The van der Waals surface area contributed by atoms with Crippen LogP contribution in [0.1, 0.15) is 5.69 Å². The lowest BCUT2D eigenvalue weighted by atomic mass is 10.5. The molecule has 4 N–H and O–H groups in total. The minimum Gasteiger partial charge on any atom is -0.382 e. The van der Waals surface area contributed by atoms with Crippen LogP contribution < -0.4 is 11.5 Å². The molecule has 3 rings (SSSR count). The van der Waals surface area contributed by atoms with Crippen LogP contribution in [0, 0.1) is 17.9 Å². The summed E-state index contributed by atoms with van der Waals surface area (Å²) in [6.07, 6.45) is 8.62. The average molecular weight is 478 g/mol. The van der Waals surface area contributed by atoms with Gasteiger partial charge in [-0.1, -0.05) is 6.57 Å². The smallest absolute Gasteiger partial charge is 0.288 e. The lowest BCUT2D eigenvalue weighted by Crippen LogP contribution is -1.89. The molecule has 0 aliphatic rings. The molecule has 3 aromatic rings. The molecule has 0 saturated carbocycles. The van der Waals surface area contributed by atoms with Crippen molar-refractivity contribution in [2.45, 2.75) is 0 Å². The van der Waals surface area contributed by atoms with E-state index in [1.807, 2.05) is 6.07 Å². The van der Waals surface area contributed by atoms with Gasteiger partial charge in [0.15, 0.2) is 17.7 Å². The number of nitrogens with zero attached hydrogens (tertiary/aromatic N) is 8. The van der Waals surface area contributed by atoms with Crippen molar-refractivity contribution >= 4 is 49.3 Å². The molecule has 0 aliphatic heterocycles. The second kappa shape index (κ2) is 11.4. The molecule has 3 heterocycles. The van der Waals surface area contributed by atoms with Gasteiger partial charge in [0.25, 0.3) is 5.82 Å². The fraction of sp³-hybridized carbons (Fsp3) is 0. The van der Waals surface area contributed by atoms with Crippen molar-refractivity contribution in [1.82, 2.24) is 29.9 Å². The van der Waals surface area contributed by atoms with Crippen molar-refractivity contribution in [1.29, 1.82) is 5.26 Å². The quantitative estimate of drug-likeness (QED) is 0.464. The van der Waals surface area contributed by atoms with Gasteiger partial charge in [-0.25, -0.2) is 24.9 Å². The van der Waals surface area contributed by atoms with Gasteiger partial charge in [0.05, 0.1) is 31.0 Å². The number of halogens is 2. The third-order valence-electron chi connectivity index (χ3n) is 2.15. The number of rotatable bonds is 0. The Morgan fingerprint density at radius 3 is 1.69 bits per heavy atom. The molecular weight excluding hydrogens is 468 g/mol. The molecule has 0 saturated heterocycles. The number of hydrogen-bond donors (Lipinski definition) is 2. The van der Waals surface area contributed by atoms with Crippen molar-refractivity contribution < 1.29 is 0 Å². The largest absolute Gasteiger partial charge is 0.382 e. The van der Waals surface area contributed by atoms with Gasteiger partial charge in [0.1, 0.15) is 21.1 Å². The Morgan fingerprint density at radius 1 is 0.808 bits per heavy atom. The van der Waals surface area contributed by atoms with Crippen molar-refractivity contribution in [2.24, 2.45) is 0 Å². The number of nitrogens with two attached hydrogens (primary N) is 2. The third-order valence-corrected chi connectivity index (χ3v) is 2.97. The first kappa shape index (κ1) is 20.8. The molecule has 0 aliphatic carbocycles. The van der Waals surface area contributed by atoms with E-state index in [4.69, 9.17) is 23.3 Å². The van der Waals surface area contributed by atoms with Crippen molar-refractivity contribution in [3.63, 3.8) is 0 Å². The zero-order valence-corrected chi connectivity index (χ0v) is 16.1. The summed E-state index contributed by atoms with van der Waals surface area (Å²) < 4.78 is 1.34. The van der Waals surface area contributed by atoms with Gasteiger partial charge < -0.3 is 16.3 Å². The lowest BCUT2D eigenvalue weighted by molar-refractivity contribution is 1.13. The van der Waals surface area contributed by atoms with Crippen LogP contribution in [0.4, 0.5) is 17.5 Å². The topological polar surface area (TPSA) is 158 Å². The molecule has 26 heavy (non-hydrogen) atoms. The highest BCUT2D eigenvalue weighted by atomic mass is 79.9. The molecule has 0 atom stereocenters. The predicted octanol–water partition coefficient (Wildman–Crippen LogP) is 2.54. The van der Waals surface area contributed by atoms with Crippen LogP contribution in [-0.4, -0.2) is 29.9 Å². The van der Waals surface area contributed by atoms with E-state index in [-0.39, 0.29) is 5.82 Å². The molecule has 130 valence electrons. The highest BCUT2D eigenvalue weighted by Gasteiger charge is 1.91. The maximum atomic E-state index is 8.26. The molecule has 10 nitrogen and oxygen atoms in total. The maximum absolute atomic E-state index is 8.26. The summed E-state index contributed by atoms with van der Waals surface area (Å²) in [7, 11) is 0. The molecule has 0 aromatic carbocycles. The van der Waals surface area contributed by atoms with E-state index >= 15 is 0 Å². The van der Waals surface area contributed by atoms with E-state index in [1.54, 1.807) is 6.20 Å². The van der Waals surface area contributed by atoms with E-state index in [2.05, 4.69) is 66.6 Å². The standard InChI is InChI=1S/C5H2BrN3.C5H4N4.C4H4BrN3/c6-5-3-8-4(1-7)2-9-5;1-7-5-3-8-4(6)2-9-5;5-3-1-8-4(6)2-7-3/h2-3H;2-3H,(H2,6,8);1-2H,(H2,6,8). The number of nitrogen functional groups attached to an aromatic ring is 2. The molecule has 0 bridgehead atoms. The fourth-order valence-electron chi connectivity index (χ4n) is 1.08. The summed E-state index contributed by atoms with van der Waals surface area (Å²) in [6, 6.07) is 1.86. The SMILES string of the molecule is N#Cc1cnc(Br)cn1.Nc1cnc(Br)cn1.[C-]#[N+]c1cnc(N)cn1. The minimum absolute atomic E-state index is 0.268. The molecular formula is C14H10Br2N10. The zero-order chi connectivity index (χ0) is 19.4. The van der Waals surface area contributed by atoms with Gasteiger partial charge in [-0.3, -0.25) is 0 Å². The van der Waals surface area contributed by atoms with Crippen molar-refractivity contribution in [3.8, 4) is 6.07 Å². The summed E-state index contributed by atoms with van der Waals surface area (Å²) in [5.41, 5.74) is 10.8. The maximum Gasteiger partial charge on any atom is 0.288 e. The van der Waals surface area contributed by atoms with Crippen molar-refractivity contribution in [3.05, 3.63) is 63.5 Å². The van der Waals surface area contributed by atoms with Crippen LogP contribution in [0.25, 0.3) is 4.85 Å². The average Bonchev–Trinajstić information content (AvgIpc) is 2.66. The highest BCUT2D eigenvalue weighted by molar-refractivity contribution is 9.10. The Hall–Kier alpha value is -3.22. The second-order valence-corrected chi connectivity index (χ2v) is 5.64. The molecule has 0 radical (unpaired) electrons. The van der Waals surface area contributed by atoms with Gasteiger partial charge in [0.2, 0.25) is 0 Å². The minimum atomic E-state index is 0.268. The van der Waals surface area contributed by atoms with Crippen LogP contribution in [0.2, 0.25) is 0 Å². The Bertz CT molecular complexity index is 807. The van der Waals surface area contributed by atoms with E-state index in [1.165, 1.54) is 31.0 Å². The Morgan fingerprint density at radius 2 is 1.35 bits per heavy atom. The summed E-state index contributed by atoms with van der Waals surface area (Å²) >= 11 is 6.21. The van der Waals surface area contributed by atoms with E-state index < -0.39 is 0 Å². The Labute approximate surface area is 165 Å². The second-order valence-electron chi connectivity index (χ2n) is 4.01. The molecule has 0 spiro atoms. The summed E-state index contributed by atoms with van der Waals surface area (Å²) in [5.74, 6) is 1.04. The molecule has 0 amide bonds.